The largest absolute Gasteiger partial charge is 0.478 e. The molecule has 0 N–H and O–H groups in total. The van der Waals surface area contributed by atoms with Gasteiger partial charge in [-0.3, -0.25) is 0 Å². The number of hydrogen-bond donors (Lipinski definition) is 0. The first kappa shape index (κ1) is 18.2. The molecule has 26 heavy (non-hydrogen) atoms. The molecule has 0 unspecified atom stereocenters. The third kappa shape index (κ3) is 3.81. The number of likely N-dealkylation sites (N-methyl/N-ethyl adjacent to an activating group) is 1. The first-order valence-electron chi connectivity index (χ1n) is 8.80. The Kier molecular flexibility index (Phi) is 4.89. The van der Waals surface area contributed by atoms with Crippen molar-refractivity contribution in [2.45, 2.75) is 38.8 Å². The monoisotopic (exact) mass is 358 g/mol. The van der Waals surface area contributed by atoms with E-state index in [9.17, 15) is 4.79 Å². The zero-order valence-electron chi connectivity index (χ0n) is 16.0. The van der Waals surface area contributed by atoms with Crippen molar-refractivity contribution in [3.63, 3.8) is 0 Å². The molecule has 140 valence electrons. The number of ether oxygens (including phenoxy) is 2. The van der Waals surface area contributed by atoms with Crippen LogP contribution in [0.2, 0.25) is 0 Å². The molecule has 0 radical (unpaired) electrons. The Labute approximate surface area is 153 Å². The van der Waals surface area contributed by atoms with Gasteiger partial charge >= 0.3 is 6.09 Å². The van der Waals surface area contributed by atoms with Gasteiger partial charge in [-0.25, -0.2) is 14.8 Å². The maximum Gasteiger partial charge on any atom is 0.410 e. The molecule has 1 aliphatic rings. The van der Waals surface area contributed by atoms with Gasteiger partial charge in [-0.15, -0.1) is 0 Å². The number of hydrogen-bond acceptors (Lipinski definition) is 6. The molecule has 3 rings (SSSR count). The number of carbonyl (C=O) groups is 1. The molecule has 1 aliphatic heterocycles. The fourth-order valence-corrected chi connectivity index (χ4v) is 3.06. The molecule has 7 nitrogen and oxygen atoms in total. The summed E-state index contributed by atoms with van der Waals surface area (Å²) in [6, 6.07) is 7.84. The first-order chi connectivity index (χ1) is 12.3. The Morgan fingerprint density at radius 2 is 1.88 bits per heavy atom. The van der Waals surface area contributed by atoms with Gasteiger partial charge in [0.1, 0.15) is 5.60 Å². The maximum atomic E-state index is 12.3. The SMILES string of the molecule is COc1nc2ccccc2nc1N(C)[C@@H]1CCN(C(=O)OC(C)(C)C)C1. The normalized spacial score (nSPS) is 17.4. The lowest BCUT2D eigenvalue weighted by Gasteiger charge is -2.28. The molecule has 7 heteroatoms. The van der Waals surface area contributed by atoms with Crippen LogP contribution in [-0.4, -0.2) is 59.9 Å². The van der Waals surface area contributed by atoms with Crippen molar-refractivity contribution in [1.29, 1.82) is 0 Å². The number of carbonyl (C=O) groups excluding carboxylic acids is 1. The molecule has 2 heterocycles. The molecule has 0 saturated carbocycles. The van der Waals surface area contributed by atoms with Crippen LogP contribution in [0.15, 0.2) is 24.3 Å². The minimum Gasteiger partial charge on any atom is -0.478 e. The minimum atomic E-state index is -0.492. The molecule has 1 aromatic carbocycles. The van der Waals surface area contributed by atoms with E-state index in [2.05, 4.69) is 4.98 Å². The fourth-order valence-electron chi connectivity index (χ4n) is 3.06. The van der Waals surface area contributed by atoms with Crippen LogP contribution >= 0.6 is 0 Å². The maximum absolute atomic E-state index is 12.3. The Hall–Kier alpha value is -2.57. The second-order valence-corrected chi connectivity index (χ2v) is 7.52. The van der Waals surface area contributed by atoms with E-state index in [1.807, 2.05) is 57.0 Å². The second kappa shape index (κ2) is 6.97. The smallest absolute Gasteiger partial charge is 0.410 e. The van der Waals surface area contributed by atoms with Crippen LogP contribution < -0.4 is 9.64 Å². The number of rotatable bonds is 3. The number of fused-ring (bicyclic) bond motifs is 1. The van der Waals surface area contributed by atoms with E-state index >= 15 is 0 Å². The summed E-state index contributed by atoms with van der Waals surface area (Å²) in [4.78, 5) is 25.4. The molecule has 1 amide bonds. The highest BCUT2D eigenvalue weighted by Gasteiger charge is 2.33. The number of aromatic nitrogens is 2. The zero-order chi connectivity index (χ0) is 18.9. The van der Waals surface area contributed by atoms with Crippen molar-refractivity contribution in [1.82, 2.24) is 14.9 Å². The quantitative estimate of drug-likeness (QED) is 0.840. The lowest BCUT2D eigenvalue weighted by Crippen LogP contribution is -2.39. The first-order valence-corrected chi connectivity index (χ1v) is 8.80. The topological polar surface area (TPSA) is 67.8 Å². The molecular formula is C19H26N4O3. The summed E-state index contributed by atoms with van der Waals surface area (Å²) in [5, 5.41) is 0. The average Bonchev–Trinajstić information content (AvgIpc) is 3.08. The zero-order valence-corrected chi connectivity index (χ0v) is 16.0. The highest BCUT2D eigenvalue weighted by molar-refractivity contribution is 5.77. The van der Waals surface area contributed by atoms with Gasteiger partial charge in [-0.1, -0.05) is 12.1 Å². The van der Waals surface area contributed by atoms with Gasteiger partial charge in [0.25, 0.3) is 5.88 Å². The Morgan fingerprint density at radius 1 is 1.23 bits per heavy atom. The molecule has 0 spiro atoms. The van der Waals surface area contributed by atoms with E-state index in [1.165, 1.54) is 0 Å². The number of benzene rings is 1. The average molecular weight is 358 g/mol. The summed E-state index contributed by atoms with van der Waals surface area (Å²) in [5.74, 6) is 1.17. The van der Waals surface area contributed by atoms with Gasteiger partial charge in [0.15, 0.2) is 5.82 Å². The van der Waals surface area contributed by atoms with Crippen molar-refractivity contribution in [2.75, 3.05) is 32.1 Å². The van der Waals surface area contributed by atoms with Gasteiger partial charge in [-0.2, -0.15) is 0 Å². The lowest BCUT2D eigenvalue weighted by molar-refractivity contribution is 0.0292. The number of anilines is 1. The van der Waals surface area contributed by atoms with Crippen molar-refractivity contribution >= 4 is 22.9 Å². The molecule has 0 bridgehead atoms. The van der Waals surface area contributed by atoms with Crippen molar-refractivity contribution < 1.29 is 14.3 Å². The van der Waals surface area contributed by atoms with Crippen molar-refractivity contribution in [2.24, 2.45) is 0 Å². The van der Waals surface area contributed by atoms with E-state index in [0.29, 0.717) is 24.8 Å². The molecular weight excluding hydrogens is 332 g/mol. The summed E-state index contributed by atoms with van der Waals surface area (Å²) < 4.78 is 10.9. The molecule has 0 aliphatic carbocycles. The van der Waals surface area contributed by atoms with Gasteiger partial charge in [0, 0.05) is 26.2 Å². The second-order valence-electron chi connectivity index (χ2n) is 7.52. The Balaban J connectivity index is 1.78. The van der Waals surface area contributed by atoms with Crippen LogP contribution in [0.3, 0.4) is 0 Å². The number of amides is 1. The number of methoxy groups -OCH3 is 1. The Morgan fingerprint density at radius 3 is 2.50 bits per heavy atom. The third-order valence-corrected chi connectivity index (χ3v) is 4.41. The van der Waals surface area contributed by atoms with E-state index in [-0.39, 0.29) is 12.1 Å². The van der Waals surface area contributed by atoms with E-state index in [4.69, 9.17) is 14.5 Å². The summed E-state index contributed by atoms with van der Waals surface area (Å²) in [5.41, 5.74) is 1.12. The summed E-state index contributed by atoms with van der Waals surface area (Å²) >= 11 is 0. The molecule has 1 saturated heterocycles. The number of nitrogens with zero attached hydrogens (tertiary/aromatic N) is 4. The summed E-state index contributed by atoms with van der Waals surface area (Å²) in [7, 11) is 3.56. The van der Waals surface area contributed by atoms with Gasteiger partial charge in [-0.05, 0) is 39.3 Å². The van der Waals surface area contributed by atoms with E-state index < -0.39 is 5.60 Å². The van der Waals surface area contributed by atoms with Gasteiger partial charge in [0.2, 0.25) is 0 Å². The molecule has 1 aromatic heterocycles. The highest BCUT2D eigenvalue weighted by Crippen LogP contribution is 2.29. The van der Waals surface area contributed by atoms with E-state index in [0.717, 1.165) is 17.5 Å². The van der Waals surface area contributed by atoms with Crippen LogP contribution in [0, 0.1) is 0 Å². The van der Waals surface area contributed by atoms with Crippen LogP contribution in [0.25, 0.3) is 11.0 Å². The number of para-hydroxylation sites is 2. The van der Waals surface area contributed by atoms with Crippen LogP contribution in [-0.2, 0) is 4.74 Å². The van der Waals surface area contributed by atoms with Crippen LogP contribution in [0.4, 0.5) is 10.6 Å². The highest BCUT2D eigenvalue weighted by atomic mass is 16.6. The third-order valence-electron chi connectivity index (χ3n) is 4.41. The molecule has 2 aromatic rings. The standard InChI is InChI=1S/C19H26N4O3/c1-19(2,3)26-18(24)23-11-10-13(12-23)22(4)16-17(25-5)21-15-9-7-6-8-14(15)20-16/h6-9,13H,10-12H2,1-5H3/t13-/m1/s1. The minimum absolute atomic E-state index is 0.131. The van der Waals surface area contributed by atoms with Crippen LogP contribution in [0.1, 0.15) is 27.2 Å². The van der Waals surface area contributed by atoms with Crippen LogP contribution in [0.5, 0.6) is 5.88 Å². The summed E-state index contributed by atoms with van der Waals surface area (Å²) in [6.07, 6.45) is 0.567. The predicted molar refractivity (Wildman–Crippen MR) is 101 cm³/mol. The van der Waals surface area contributed by atoms with Gasteiger partial charge in [0.05, 0.1) is 18.1 Å². The molecule has 1 fully saturated rings. The predicted octanol–water partition coefficient (Wildman–Crippen LogP) is 3.08. The fraction of sp³-hybridized carbons (Fsp3) is 0.526. The van der Waals surface area contributed by atoms with E-state index in [1.54, 1.807) is 12.0 Å². The van der Waals surface area contributed by atoms with Crippen molar-refractivity contribution in [3.05, 3.63) is 24.3 Å². The van der Waals surface area contributed by atoms with Gasteiger partial charge < -0.3 is 19.3 Å². The number of likely N-dealkylation sites (tertiary alicyclic amines) is 1. The van der Waals surface area contributed by atoms with Crippen molar-refractivity contribution in [3.8, 4) is 5.88 Å². The lowest BCUT2D eigenvalue weighted by atomic mass is 10.2. The molecule has 1 atom stereocenters. The summed E-state index contributed by atoms with van der Waals surface area (Å²) in [6.45, 7) is 6.87. The Bertz CT molecular complexity index is 803.